The number of carbonyl (C=O) groups is 2. The molecule has 1 fully saturated rings. The van der Waals surface area contributed by atoms with Crippen LogP contribution in [0.25, 0.3) is 0 Å². The summed E-state index contributed by atoms with van der Waals surface area (Å²) < 4.78 is 0. The van der Waals surface area contributed by atoms with Gasteiger partial charge in [-0.1, -0.05) is 48.5 Å². The molecule has 26 heavy (non-hydrogen) atoms. The molecule has 2 unspecified atom stereocenters. The van der Waals surface area contributed by atoms with Crippen LogP contribution < -0.4 is 16.0 Å². The van der Waals surface area contributed by atoms with Gasteiger partial charge in [-0.25, -0.2) is 0 Å². The Balaban J connectivity index is 1.70. The number of hydrogen-bond acceptors (Lipinski definition) is 3. The molecule has 2 aromatic rings. The number of carbonyl (C=O) groups excluding carboxylic acids is 2. The van der Waals surface area contributed by atoms with Gasteiger partial charge >= 0.3 is 0 Å². The second-order valence-corrected chi connectivity index (χ2v) is 6.63. The van der Waals surface area contributed by atoms with Crippen LogP contribution in [0.3, 0.4) is 0 Å². The zero-order valence-corrected chi connectivity index (χ0v) is 14.8. The molecule has 0 spiro atoms. The van der Waals surface area contributed by atoms with Crippen molar-refractivity contribution in [2.75, 3.05) is 13.1 Å². The van der Waals surface area contributed by atoms with Crippen LogP contribution in [0.1, 0.15) is 28.8 Å². The minimum Gasteiger partial charge on any atom is -0.350 e. The highest BCUT2D eigenvalue weighted by molar-refractivity contribution is 5.97. The Hall–Kier alpha value is -2.66. The quantitative estimate of drug-likeness (QED) is 0.744. The third-order valence-corrected chi connectivity index (χ3v) is 4.58. The topological polar surface area (TPSA) is 70.2 Å². The van der Waals surface area contributed by atoms with Crippen LogP contribution in [0.5, 0.6) is 0 Å². The Morgan fingerprint density at radius 2 is 1.73 bits per heavy atom. The smallest absolute Gasteiger partial charge is 0.251 e. The van der Waals surface area contributed by atoms with Crippen molar-refractivity contribution in [3.63, 3.8) is 0 Å². The van der Waals surface area contributed by atoms with Crippen molar-refractivity contribution >= 4 is 11.8 Å². The van der Waals surface area contributed by atoms with Gasteiger partial charge in [-0.05, 0) is 37.1 Å². The molecule has 5 nitrogen and oxygen atoms in total. The molecule has 2 amide bonds. The molecule has 2 atom stereocenters. The van der Waals surface area contributed by atoms with Gasteiger partial charge in [-0.3, -0.25) is 9.59 Å². The minimum atomic E-state index is -0.605. The second-order valence-electron chi connectivity index (χ2n) is 6.63. The number of benzene rings is 2. The lowest BCUT2D eigenvalue weighted by Gasteiger charge is -2.26. The first kappa shape index (κ1) is 18.1. The van der Waals surface area contributed by atoms with Crippen LogP contribution in [-0.4, -0.2) is 37.0 Å². The summed E-state index contributed by atoms with van der Waals surface area (Å²) in [5.74, 6) is -0.365. The molecular weight excluding hydrogens is 326 g/mol. The highest BCUT2D eigenvalue weighted by Crippen LogP contribution is 2.07. The van der Waals surface area contributed by atoms with E-state index in [2.05, 4.69) is 16.0 Å². The van der Waals surface area contributed by atoms with Gasteiger partial charge in [-0.2, -0.15) is 0 Å². The Morgan fingerprint density at radius 3 is 2.38 bits per heavy atom. The maximum absolute atomic E-state index is 12.8. The predicted octanol–water partition coefficient (Wildman–Crippen LogP) is 1.90. The zero-order valence-electron chi connectivity index (χ0n) is 14.8. The van der Waals surface area contributed by atoms with E-state index in [9.17, 15) is 9.59 Å². The van der Waals surface area contributed by atoms with Crippen LogP contribution in [0.2, 0.25) is 0 Å². The molecular formula is C21H25N3O2. The van der Waals surface area contributed by atoms with Crippen LogP contribution in [0.15, 0.2) is 60.7 Å². The molecule has 1 aliphatic heterocycles. The van der Waals surface area contributed by atoms with Crippen molar-refractivity contribution in [2.45, 2.75) is 31.3 Å². The lowest BCUT2D eigenvalue weighted by atomic mass is 10.0. The standard InChI is InChI=1S/C21H25N3O2/c25-20(17-10-5-2-6-11-17)24-19(14-16-8-3-1-4-9-16)21(26)23-18-12-7-13-22-15-18/h1-6,8-11,18-19,22H,7,12-15H2,(H,23,26)(H,24,25). The zero-order chi connectivity index (χ0) is 18.2. The van der Waals surface area contributed by atoms with E-state index in [4.69, 9.17) is 0 Å². The Bertz CT molecular complexity index is 713. The third-order valence-electron chi connectivity index (χ3n) is 4.58. The maximum atomic E-state index is 12.8. The van der Waals surface area contributed by atoms with Gasteiger partial charge in [0.05, 0.1) is 0 Å². The van der Waals surface area contributed by atoms with E-state index in [0.717, 1.165) is 31.5 Å². The molecule has 0 saturated carbocycles. The molecule has 3 rings (SSSR count). The fraction of sp³-hybridized carbons (Fsp3) is 0.333. The van der Waals surface area contributed by atoms with Crippen molar-refractivity contribution < 1.29 is 9.59 Å². The Kier molecular flexibility index (Phi) is 6.39. The van der Waals surface area contributed by atoms with E-state index in [1.54, 1.807) is 12.1 Å². The van der Waals surface area contributed by atoms with Gasteiger partial charge in [0.2, 0.25) is 5.91 Å². The molecule has 136 valence electrons. The molecule has 1 aliphatic rings. The van der Waals surface area contributed by atoms with Gasteiger partial charge in [-0.15, -0.1) is 0 Å². The molecule has 0 radical (unpaired) electrons. The van der Waals surface area contributed by atoms with Crippen molar-refractivity contribution in [2.24, 2.45) is 0 Å². The summed E-state index contributed by atoms with van der Waals surface area (Å²) in [6, 6.07) is 18.3. The lowest BCUT2D eigenvalue weighted by Crippen LogP contribution is -2.53. The molecule has 0 bridgehead atoms. The summed E-state index contributed by atoms with van der Waals surface area (Å²) in [6.45, 7) is 1.76. The number of nitrogens with one attached hydrogen (secondary N) is 3. The molecule has 1 saturated heterocycles. The minimum absolute atomic E-state index is 0.114. The summed E-state index contributed by atoms with van der Waals surface area (Å²) in [5.41, 5.74) is 1.57. The summed E-state index contributed by atoms with van der Waals surface area (Å²) in [7, 11) is 0. The van der Waals surface area contributed by atoms with Gasteiger partial charge in [0, 0.05) is 24.6 Å². The third kappa shape index (κ3) is 5.17. The van der Waals surface area contributed by atoms with Crippen LogP contribution >= 0.6 is 0 Å². The molecule has 5 heteroatoms. The van der Waals surface area contributed by atoms with E-state index in [-0.39, 0.29) is 17.9 Å². The molecule has 1 heterocycles. The fourth-order valence-corrected chi connectivity index (χ4v) is 3.17. The highest BCUT2D eigenvalue weighted by atomic mass is 16.2. The van der Waals surface area contributed by atoms with Gasteiger partial charge in [0.25, 0.3) is 5.91 Å². The number of hydrogen-bond donors (Lipinski definition) is 3. The van der Waals surface area contributed by atoms with Crippen LogP contribution in [0, 0.1) is 0 Å². The monoisotopic (exact) mass is 351 g/mol. The maximum Gasteiger partial charge on any atom is 0.251 e. The highest BCUT2D eigenvalue weighted by Gasteiger charge is 2.24. The molecule has 0 aliphatic carbocycles. The van der Waals surface area contributed by atoms with E-state index < -0.39 is 6.04 Å². The van der Waals surface area contributed by atoms with Crippen molar-refractivity contribution in [1.29, 1.82) is 0 Å². The average Bonchev–Trinajstić information content (AvgIpc) is 2.69. The Labute approximate surface area is 154 Å². The number of amides is 2. The summed E-state index contributed by atoms with van der Waals surface area (Å²) in [6.07, 6.45) is 2.47. The second kappa shape index (κ2) is 9.15. The van der Waals surface area contributed by atoms with E-state index in [0.29, 0.717) is 12.0 Å². The lowest BCUT2D eigenvalue weighted by molar-refractivity contribution is -0.123. The first-order chi connectivity index (χ1) is 12.7. The van der Waals surface area contributed by atoms with Gasteiger partial charge in [0.15, 0.2) is 0 Å². The van der Waals surface area contributed by atoms with E-state index >= 15 is 0 Å². The largest absolute Gasteiger partial charge is 0.350 e. The first-order valence-corrected chi connectivity index (χ1v) is 9.13. The van der Waals surface area contributed by atoms with E-state index in [1.165, 1.54) is 0 Å². The first-order valence-electron chi connectivity index (χ1n) is 9.13. The SMILES string of the molecule is O=C(NC(Cc1ccccc1)C(=O)NC1CCCNC1)c1ccccc1. The number of rotatable bonds is 6. The summed E-state index contributed by atoms with van der Waals surface area (Å²) in [4.78, 5) is 25.4. The van der Waals surface area contributed by atoms with Crippen molar-refractivity contribution in [1.82, 2.24) is 16.0 Å². The van der Waals surface area contributed by atoms with Crippen molar-refractivity contribution in [3.8, 4) is 0 Å². The summed E-state index contributed by atoms with van der Waals surface area (Å²) >= 11 is 0. The molecule has 0 aromatic heterocycles. The molecule has 3 N–H and O–H groups in total. The normalized spacial score (nSPS) is 17.9. The number of piperidine rings is 1. The van der Waals surface area contributed by atoms with E-state index in [1.807, 2.05) is 48.5 Å². The molecule has 2 aromatic carbocycles. The average molecular weight is 351 g/mol. The van der Waals surface area contributed by atoms with Crippen LogP contribution in [0.4, 0.5) is 0 Å². The summed E-state index contributed by atoms with van der Waals surface area (Å²) in [5, 5.41) is 9.27. The van der Waals surface area contributed by atoms with Crippen molar-refractivity contribution in [3.05, 3.63) is 71.8 Å². The predicted molar refractivity (Wildman–Crippen MR) is 102 cm³/mol. The van der Waals surface area contributed by atoms with Gasteiger partial charge in [0.1, 0.15) is 6.04 Å². The Morgan fingerprint density at radius 1 is 1.04 bits per heavy atom. The van der Waals surface area contributed by atoms with Crippen LogP contribution in [-0.2, 0) is 11.2 Å². The van der Waals surface area contributed by atoms with Gasteiger partial charge < -0.3 is 16.0 Å². The fourth-order valence-electron chi connectivity index (χ4n) is 3.17.